The van der Waals surface area contributed by atoms with Gasteiger partial charge in [0, 0.05) is 5.02 Å². The third-order valence-electron chi connectivity index (χ3n) is 3.66. The van der Waals surface area contributed by atoms with Crippen LogP contribution in [0.3, 0.4) is 0 Å². The van der Waals surface area contributed by atoms with Gasteiger partial charge < -0.3 is 10.6 Å². The van der Waals surface area contributed by atoms with Crippen LogP contribution in [0.5, 0.6) is 0 Å². The second-order valence-corrected chi connectivity index (χ2v) is 6.57. The average molecular weight is 422 g/mol. The zero-order chi connectivity index (χ0) is 20.3. The van der Waals surface area contributed by atoms with Gasteiger partial charge in [0.1, 0.15) is 11.6 Å². The van der Waals surface area contributed by atoms with Gasteiger partial charge in [-0.25, -0.2) is 14.1 Å². The predicted molar refractivity (Wildman–Crippen MR) is 103 cm³/mol. The van der Waals surface area contributed by atoms with E-state index in [0.717, 1.165) is 0 Å². The molecule has 0 saturated carbocycles. The number of aryl methyl sites for hydroxylation is 1. The first-order chi connectivity index (χ1) is 13.3. The van der Waals surface area contributed by atoms with Crippen molar-refractivity contribution in [2.75, 3.05) is 11.9 Å². The van der Waals surface area contributed by atoms with Crippen molar-refractivity contribution in [1.82, 2.24) is 20.1 Å². The zero-order valence-electron chi connectivity index (χ0n) is 14.5. The molecule has 0 saturated heterocycles. The van der Waals surface area contributed by atoms with Gasteiger partial charge in [-0.2, -0.15) is 0 Å². The smallest absolute Gasteiger partial charge is 0.291 e. The molecule has 0 fully saturated rings. The Bertz CT molecular complexity index is 1040. The van der Waals surface area contributed by atoms with E-state index in [2.05, 4.69) is 20.7 Å². The van der Waals surface area contributed by atoms with Gasteiger partial charge >= 0.3 is 0 Å². The van der Waals surface area contributed by atoms with E-state index >= 15 is 0 Å². The molecule has 144 valence electrons. The van der Waals surface area contributed by atoms with E-state index < -0.39 is 11.8 Å². The van der Waals surface area contributed by atoms with Crippen LogP contribution in [0.2, 0.25) is 10.0 Å². The van der Waals surface area contributed by atoms with Crippen LogP contribution in [0.1, 0.15) is 16.4 Å². The molecule has 0 unspecified atom stereocenters. The summed E-state index contributed by atoms with van der Waals surface area (Å²) >= 11 is 11.8. The highest BCUT2D eigenvalue weighted by atomic mass is 35.5. The summed E-state index contributed by atoms with van der Waals surface area (Å²) in [6, 6.07) is 10.2. The van der Waals surface area contributed by atoms with Crippen LogP contribution in [0, 0.1) is 12.7 Å². The summed E-state index contributed by atoms with van der Waals surface area (Å²) in [4.78, 5) is 28.3. The molecular weight excluding hydrogens is 408 g/mol. The van der Waals surface area contributed by atoms with Gasteiger partial charge in [0.05, 0.1) is 22.9 Å². The highest BCUT2D eigenvalue weighted by Crippen LogP contribution is 2.25. The van der Waals surface area contributed by atoms with E-state index in [1.54, 1.807) is 19.1 Å². The highest BCUT2D eigenvalue weighted by Gasteiger charge is 2.16. The van der Waals surface area contributed by atoms with Crippen molar-refractivity contribution in [3.8, 4) is 5.69 Å². The molecule has 2 N–H and O–H groups in total. The van der Waals surface area contributed by atoms with E-state index in [9.17, 15) is 14.0 Å². The molecular formula is C18H14Cl2FN5O2. The van der Waals surface area contributed by atoms with Crippen LogP contribution in [-0.4, -0.2) is 33.1 Å². The Morgan fingerprint density at radius 3 is 2.57 bits per heavy atom. The molecule has 28 heavy (non-hydrogen) atoms. The van der Waals surface area contributed by atoms with E-state index in [0.29, 0.717) is 27.2 Å². The summed E-state index contributed by atoms with van der Waals surface area (Å²) < 4.78 is 14.5. The second kappa shape index (κ2) is 8.37. The topological polar surface area (TPSA) is 88.9 Å². The predicted octanol–water partition coefficient (Wildman–Crippen LogP) is 3.39. The maximum absolute atomic E-state index is 13.1. The summed E-state index contributed by atoms with van der Waals surface area (Å²) in [7, 11) is 0. The number of carbonyl (C=O) groups excluding carboxylic acids is 2. The Hall–Kier alpha value is -2.97. The molecule has 7 nitrogen and oxygen atoms in total. The Labute approximate surface area is 169 Å². The highest BCUT2D eigenvalue weighted by molar-refractivity contribution is 6.35. The number of nitrogens with zero attached hydrogens (tertiary/aromatic N) is 3. The Morgan fingerprint density at radius 1 is 1.14 bits per heavy atom. The summed E-state index contributed by atoms with van der Waals surface area (Å²) in [6.07, 6.45) is 0. The first kappa shape index (κ1) is 19.8. The van der Waals surface area contributed by atoms with Crippen molar-refractivity contribution in [3.05, 3.63) is 70.0 Å². The van der Waals surface area contributed by atoms with Crippen LogP contribution in [0.15, 0.2) is 42.5 Å². The number of halogens is 3. The molecule has 1 heterocycles. The van der Waals surface area contributed by atoms with Gasteiger partial charge in [0.25, 0.3) is 5.91 Å². The monoisotopic (exact) mass is 421 g/mol. The molecule has 0 atom stereocenters. The molecule has 2 amide bonds. The number of hydrogen-bond acceptors (Lipinski definition) is 4. The molecule has 0 bridgehead atoms. The van der Waals surface area contributed by atoms with Crippen molar-refractivity contribution < 1.29 is 14.0 Å². The van der Waals surface area contributed by atoms with E-state index in [1.165, 1.54) is 35.0 Å². The lowest BCUT2D eigenvalue weighted by molar-refractivity contribution is -0.115. The standard InChI is InChI=1S/C18H14Cl2FN5O2/c1-10-23-17(25-26(10)13-5-3-12(21)4-6-13)18(28)22-9-16(27)24-15-8-11(19)2-7-14(15)20/h2-8H,9H2,1H3,(H,22,28)(H,24,27). The maximum atomic E-state index is 13.1. The van der Waals surface area contributed by atoms with Crippen LogP contribution in [-0.2, 0) is 4.79 Å². The van der Waals surface area contributed by atoms with Crippen molar-refractivity contribution in [2.45, 2.75) is 6.92 Å². The van der Waals surface area contributed by atoms with Crippen LogP contribution in [0.4, 0.5) is 10.1 Å². The fourth-order valence-electron chi connectivity index (χ4n) is 2.34. The van der Waals surface area contributed by atoms with Crippen LogP contribution < -0.4 is 10.6 Å². The minimum atomic E-state index is -0.628. The molecule has 0 aliphatic rings. The lowest BCUT2D eigenvalue weighted by Crippen LogP contribution is -2.33. The Morgan fingerprint density at radius 2 is 1.86 bits per heavy atom. The van der Waals surface area contributed by atoms with E-state index in [4.69, 9.17) is 23.2 Å². The van der Waals surface area contributed by atoms with Gasteiger partial charge in [0.2, 0.25) is 11.7 Å². The lowest BCUT2D eigenvalue weighted by atomic mass is 10.3. The molecule has 3 rings (SSSR count). The fourth-order valence-corrected chi connectivity index (χ4v) is 2.68. The summed E-state index contributed by atoms with van der Waals surface area (Å²) in [5, 5.41) is 9.81. The second-order valence-electron chi connectivity index (χ2n) is 5.73. The van der Waals surface area contributed by atoms with Crippen molar-refractivity contribution in [1.29, 1.82) is 0 Å². The quantitative estimate of drug-likeness (QED) is 0.660. The molecule has 0 radical (unpaired) electrons. The minimum absolute atomic E-state index is 0.115. The van der Waals surface area contributed by atoms with Gasteiger partial charge in [-0.05, 0) is 49.4 Å². The van der Waals surface area contributed by atoms with Crippen LogP contribution >= 0.6 is 23.2 Å². The van der Waals surface area contributed by atoms with Crippen molar-refractivity contribution >= 4 is 40.7 Å². The molecule has 3 aromatic rings. The summed E-state index contributed by atoms with van der Waals surface area (Å²) in [5.41, 5.74) is 0.891. The van der Waals surface area contributed by atoms with Gasteiger partial charge in [-0.1, -0.05) is 23.2 Å². The molecule has 10 heteroatoms. The number of hydrogen-bond donors (Lipinski definition) is 2. The number of anilines is 1. The molecule has 0 aliphatic heterocycles. The normalized spacial score (nSPS) is 10.6. The molecule has 2 aromatic carbocycles. The van der Waals surface area contributed by atoms with Gasteiger partial charge in [-0.3, -0.25) is 9.59 Å². The number of aromatic nitrogens is 3. The number of carbonyl (C=O) groups is 2. The number of nitrogens with one attached hydrogen (secondary N) is 2. The number of benzene rings is 2. The first-order valence-corrected chi connectivity index (χ1v) is 8.82. The molecule has 1 aromatic heterocycles. The van der Waals surface area contributed by atoms with E-state index in [-0.39, 0.29) is 18.2 Å². The first-order valence-electron chi connectivity index (χ1n) is 8.06. The third-order valence-corrected chi connectivity index (χ3v) is 4.22. The number of amides is 2. The van der Waals surface area contributed by atoms with Crippen LogP contribution in [0.25, 0.3) is 5.69 Å². The summed E-state index contributed by atoms with van der Waals surface area (Å²) in [5.74, 6) is -1.18. The van der Waals surface area contributed by atoms with Crippen molar-refractivity contribution in [3.63, 3.8) is 0 Å². The third kappa shape index (κ3) is 4.65. The van der Waals surface area contributed by atoms with Crippen molar-refractivity contribution in [2.24, 2.45) is 0 Å². The van der Waals surface area contributed by atoms with Gasteiger partial charge in [0.15, 0.2) is 0 Å². The maximum Gasteiger partial charge on any atom is 0.291 e. The molecule has 0 spiro atoms. The Kier molecular flexibility index (Phi) is 5.91. The Balaban J connectivity index is 1.63. The fraction of sp³-hybridized carbons (Fsp3) is 0.111. The SMILES string of the molecule is Cc1nc(C(=O)NCC(=O)Nc2cc(Cl)ccc2Cl)nn1-c1ccc(F)cc1. The van der Waals surface area contributed by atoms with Gasteiger partial charge in [-0.15, -0.1) is 5.10 Å². The minimum Gasteiger partial charge on any atom is -0.340 e. The lowest BCUT2D eigenvalue weighted by Gasteiger charge is -2.08. The zero-order valence-corrected chi connectivity index (χ0v) is 16.1. The number of rotatable bonds is 5. The summed E-state index contributed by atoms with van der Waals surface area (Å²) in [6.45, 7) is 1.34. The van der Waals surface area contributed by atoms with E-state index in [1.807, 2.05) is 0 Å². The largest absolute Gasteiger partial charge is 0.340 e. The average Bonchev–Trinajstić information content (AvgIpc) is 3.05. The molecule has 0 aliphatic carbocycles.